The van der Waals surface area contributed by atoms with Crippen LogP contribution >= 0.6 is 0 Å². The fourth-order valence-electron chi connectivity index (χ4n) is 3.44. The number of nitrogens with zero attached hydrogens (tertiary/aromatic N) is 4. The molecule has 3 aromatic rings. The predicted molar refractivity (Wildman–Crippen MR) is 92.0 cm³/mol. The molecule has 1 aliphatic rings. The van der Waals surface area contributed by atoms with E-state index in [9.17, 15) is 4.79 Å². The van der Waals surface area contributed by atoms with Gasteiger partial charge in [-0.2, -0.15) is 0 Å². The van der Waals surface area contributed by atoms with Crippen LogP contribution in [0.1, 0.15) is 35.7 Å². The topological polar surface area (TPSA) is 66.3 Å². The molecule has 6 nitrogen and oxygen atoms in total. The van der Waals surface area contributed by atoms with Crippen LogP contribution in [0.5, 0.6) is 0 Å². The molecular formula is C18H21N5O. The third kappa shape index (κ3) is 2.85. The summed E-state index contributed by atoms with van der Waals surface area (Å²) < 4.78 is 1.47. The van der Waals surface area contributed by atoms with Crippen LogP contribution in [0.2, 0.25) is 0 Å². The molecule has 1 aliphatic heterocycles. The number of likely N-dealkylation sites (tertiary alicyclic amines) is 1. The van der Waals surface area contributed by atoms with Crippen LogP contribution in [0.25, 0.3) is 5.65 Å². The quantitative estimate of drug-likeness (QED) is 0.802. The molecule has 0 unspecified atom stereocenters. The zero-order valence-corrected chi connectivity index (χ0v) is 13.8. The molecule has 0 aliphatic carbocycles. The van der Waals surface area contributed by atoms with Crippen molar-refractivity contribution in [3.63, 3.8) is 0 Å². The number of aryl methyl sites for hydroxylation is 1. The third-order valence-electron chi connectivity index (χ3n) is 4.90. The molecule has 0 saturated carbocycles. The number of hydrogen-bond acceptors (Lipinski definition) is 4. The van der Waals surface area contributed by atoms with E-state index in [1.165, 1.54) is 10.1 Å². The molecule has 3 aromatic heterocycles. The van der Waals surface area contributed by atoms with Crippen LogP contribution in [0, 0.1) is 6.92 Å². The Balaban J connectivity index is 1.45. The summed E-state index contributed by atoms with van der Waals surface area (Å²) in [4.78, 5) is 23.7. The first-order valence-corrected chi connectivity index (χ1v) is 8.40. The van der Waals surface area contributed by atoms with Gasteiger partial charge in [0.1, 0.15) is 0 Å². The third-order valence-corrected chi connectivity index (χ3v) is 4.90. The average Bonchev–Trinajstić information content (AvgIpc) is 3.07. The number of hydrogen-bond donors (Lipinski definition) is 1. The van der Waals surface area contributed by atoms with Gasteiger partial charge in [-0.05, 0) is 44.5 Å². The standard InChI is InChI=1S/C18H21N5O/c1-13-3-2-7-19-16(13)12-22-9-5-14(6-10-22)15-11-18(24)23-17(21-15)4-8-20-23/h2-4,7-8,11,14,20H,5-6,9-10,12H2,1H3. The summed E-state index contributed by atoms with van der Waals surface area (Å²) in [6, 6.07) is 7.60. The predicted octanol–water partition coefficient (Wildman–Crippen LogP) is 2.11. The molecule has 1 fully saturated rings. The smallest absolute Gasteiger partial charge is 0.272 e. The van der Waals surface area contributed by atoms with Crippen LogP contribution in [-0.2, 0) is 6.54 Å². The Labute approximate surface area is 140 Å². The Bertz CT molecular complexity index is 905. The number of nitrogens with one attached hydrogen (secondary N) is 1. The maximum atomic E-state index is 12.1. The van der Waals surface area contributed by atoms with Gasteiger partial charge in [0.15, 0.2) is 5.65 Å². The van der Waals surface area contributed by atoms with Crippen molar-refractivity contribution in [1.29, 1.82) is 0 Å². The Morgan fingerprint density at radius 1 is 1.29 bits per heavy atom. The van der Waals surface area contributed by atoms with Crippen LogP contribution < -0.4 is 5.56 Å². The lowest BCUT2D eigenvalue weighted by atomic mass is 9.93. The van der Waals surface area contributed by atoms with Gasteiger partial charge in [0, 0.05) is 37.0 Å². The Morgan fingerprint density at radius 3 is 2.92 bits per heavy atom. The van der Waals surface area contributed by atoms with E-state index in [1.54, 1.807) is 12.3 Å². The molecule has 4 rings (SSSR count). The van der Waals surface area contributed by atoms with Crippen molar-refractivity contribution in [3.05, 3.63) is 64.0 Å². The maximum Gasteiger partial charge on any atom is 0.272 e. The molecule has 1 N–H and O–H groups in total. The number of aromatic amines is 1. The normalized spacial score (nSPS) is 16.7. The molecule has 124 valence electrons. The minimum Gasteiger partial charge on any atom is -0.297 e. The summed E-state index contributed by atoms with van der Waals surface area (Å²) in [5.74, 6) is 0.360. The molecule has 0 radical (unpaired) electrons. The molecular weight excluding hydrogens is 302 g/mol. The van der Waals surface area contributed by atoms with Crippen molar-refractivity contribution in [1.82, 2.24) is 24.5 Å². The van der Waals surface area contributed by atoms with Gasteiger partial charge in [-0.25, -0.2) is 9.50 Å². The van der Waals surface area contributed by atoms with Crippen molar-refractivity contribution >= 4 is 5.65 Å². The summed E-state index contributed by atoms with van der Waals surface area (Å²) in [6.07, 6.45) is 5.65. The van der Waals surface area contributed by atoms with Crippen molar-refractivity contribution in [2.45, 2.75) is 32.2 Å². The minimum absolute atomic E-state index is 0.0356. The van der Waals surface area contributed by atoms with Crippen molar-refractivity contribution in [3.8, 4) is 0 Å². The highest BCUT2D eigenvalue weighted by atomic mass is 16.1. The summed E-state index contributed by atoms with van der Waals surface area (Å²) in [6.45, 7) is 5.02. The van der Waals surface area contributed by atoms with E-state index >= 15 is 0 Å². The number of rotatable bonds is 3. The first-order chi connectivity index (χ1) is 11.7. The van der Waals surface area contributed by atoms with Crippen LogP contribution in [0.4, 0.5) is 0 Å². The number of piperidine rings is 1. The lowest BCUT2D eigenvalue weighted by Crippen LogP contribution is -2.33. The zero-order chi connectivity index (χ0) is 16.5. The van der Waals surface area contributed by atoms with E-state index in [0.29, 0.717) is 11.6 Å². The molecule has 0 spiro atoms. The molecule has 24 heavy (non-hydrogen) atoms. The maximum absolute atomic E-state index is 12.1. The van der Waals surface area contributed by atoms with E-state index in [4.69, 9.17) is 0 Å². The summed E-state index contributed by atoms with van der Waals surface area (Å²) in [5.41, 5.74) is 3.98. The second kappa shape index (κ2) is 6.20. The van der Waals surface area contributed by atoms with Gasteiger partial charge in [-0.15, -0.1) is 0 Å². The van der Waals surface area contributed by atoms with Crippen molar-refractivity contribution < 1.29 is 0 Å². The summed E-state index contributed by atoms with van der Waals surface area (Å²) in [7, 11) is 0. The largest absolute Gasteiger partial charge is 0.297 e. The fourth-order valence-corrected chi connectivity index (χ4v) is 3.44. The Morgan fingerprint density at radius 2 is 2.12 bits per heavy atom. The van der Waals surface area contributed by atoms with Crippen LogP contribution in [-0.4, -0.2) is 37.6 Å². The first kappa shape index (κ1) is 15.1. The van der Waals surface area contributed by atoms with E-state index in [-0.39, 0.29) is 5.56 Å². The van der Waals surface area contributed by atoms with Gasteiger partial charge in [0.25, 0.3) is 5.56 Å². The van der Waals surface area contributed by atoms with Gasteiger partial charge in [-0.1, -0.05) is 6.07 Å². The SMILES string of the molecule is Cc1cccnc1CN1CCC(c2cc(=O)n3[nH]ccc3n2)CC1. The highest BCUT2D eigenvalue weighted by molar-refractivity contribution is 5.37. The lowest BCUT2D eigenvalue weighted by Gasteiger charge is -2.31. The second-order valence-electron chi connectivity index (χ2n) is 6.49. The fraction of sp³-hybridized carbons (Fsp3) is 0.389. The van der Waals surface area contributed by atoms with Gasteiger partial charge in [0.2, 0.25) is 0 Å². The number of fused-ring (bicyclic) bond motifs is 1. The highest BCUT2D eigenvalue weighted by Crippen LogP contribution is 2.27. The molecule has 4 heterocycles. The van der Waals surface area contributed by atoms with Gasteiger partial charge in [0.05, 0.1) is 11.4 Å². The monoisotopic (exact) mass is 323 g/mol. The number of pyridine rings is 1. The molecule has 0 aromatic carbocycles. The molecule has 0 atom stereocenters. The molecule has 6 heteroatoms. The Kier molecular flexibility index (Phi) is 3.90. The van der Waals surface area contributed by atoms with Gasteiger partial charge in [-0.3, -0.25) is 19.8 Å². The van der Waals surface area contributed by atoms with Crippen LogP contribution in [0.15, 0.2) is 41.5 Å². The zero-order valence-electron chi connectivity index (χ0n) is 13.8. The van der Waals surface area contributed by atoms with E-state index < -0.39 is 0 Å². The first-order valence-electron chi connectivity index (χ1n) is 8.40. The van der Waals surface area contributed by atoms with E-state index in [1.807, 2.05) is 18.3 Å². The highest BCUT2D eigenvalue weighted by Gasteiger charge is 2.23. The second-order valence-corrected chi connectivity index (χ2v) is 6.49. The minimum atomic E-state index is -0.0356. The van der Waals surface area contributed by atoms with Crippen molar-refractivity contribution in [2.24, 2.45) is 0 Å². The summed E-state index contributed by atoms with van der Waals surface area (Å²) in [5, 5.41) is 2.88. The average molecular weight is 323 g/mol. The number of aromatic nitrogens is 4. The lowest BCUT2D eigenvalue weighted by molar-refractivity contribution is 0.201. The van der Waals surface area contributed by atoms with Crippen LogP contribution in [0.3, 0.4) is 0 Å². The Hall–Kier alpha value is -2.47. The van der Waals surface area contributed by atoms with Crippen molar-refractivity contribution in [2.75, 3.05) is 13.1 Å². The van der Waals surface area contributed by atoms with E-state index in [0.717, 1.165) is 43.9 Å². The molecule has 1 saturated heterocycles. The number of H-pyrrole nitrogens is 1. The van der Waals surface area contributed by atoms with Gasteiger partial charge < -0.3 is 0 Å². The van der Waals surface area contributed by atoms with E-state index in [2.05, 4.69) is 33.0 Å². The molecule has 0 bridgehead atoms. The molecule has 0 amide bonds. The van der Waals surface area contributed by atoms with Gasteiger partial charge >= 0.3 is 0 Å². The summed E-state index contributed by atoms with van der Waals surface area (Å²) >= 11 is 0.